The molecule has 39 heavy (non-hydrogen) atoms. The molecule has 1 aliphatic rings. The van der Waals surface area contributed by atoms with Gasteiger partial charge in [-0.3, -0.25) is 9.59 Å². The number of para-hydroxylation sites is 1. The highest BCUT2D eigenvalue weighted by Gasteiger charge is 2.44. The first-order chi connectivity index (χ1) is 18.9. The molecule has 1 amide bonds. The Bertz CT molecular complexity index is 1320. The average molecular weight is 535 g/mol. The number of fused-ring (bicyclic) bond motifs is 1. The molecule has 1 atom stereocenters. The van der Waals surface area contributed by atoms with Crippen LogP contribution in [0.25, 0.3) is 11.0 Å². The molecule has 1 aliphatic heterocycles. The Morgan fingerprint density at radius 2 is 1.82 bits per heavy atom. The molecule has 208 valence electrons. The largest absolute Gasteiger partial charge is 0.503 e. The van der Waals surface area contributed by atoms with Crippen molar-refractivity contribution < 1.29 is 28.6 Å². The predicted molar refractivity (Wildman–Crippen MR) is 150 cm³/mol. The minimum Gasteiger partial charge on any atom is -0.503 e. The van der Waals surface area contributed by atoms with Crippen LogP contribution in [0.3, 0.4) is 0 Å². The second-order valence-electron chi connectivity index (χ2n) is 9.63. The molecule has 0 saturated carbocycles. The van der Waals surface area contributed by atoms with Crippen LogP contribution in [0.4, 0.5) is 0 Å². The number of carbonyl (C=O) groups excluding carboxylic acids is 2. The zero-order valence-electron chi connectivity index (χ0n) is 23.2. The molecular weight excluding hydrogens is 496 g/mol. The van der Waals surface area contributed by atoms with Gasteiger partial charge in [0.1, 0.15) is 5.75 Å². The van der Waals surface area contributed by atoms with Crippen LogP contribution in [-0.4, -0.2) is 66.5 Å². The van der Waals surface area contributed by atoms with E-state index in [0.29, 0.717) is 42.0 Å². The lowest BCUT2D eigenvalue weighted by Gasteiger charge is -2.29. The molecule has 0 bridgehead atoms. The van der Waals surface area contributed by atoms with Crippen LogP contribution in [0.2, 0.25) is 0 Å². The molecule has 2 aromatic carbocycles. The van der Waals surface area contributed by atoms with E-state index in [9.17, 15) is 14.7 Å². The number of benzene rings is 2. The molecule has 3 aromatic rings. The molecule has 0 spiro atoms. The number of ketones is 1. The zero-order valence-corrected chi connectivity index (χ0v) is 23.2. The number of Topliss-reactive ketones (excluding diaryl/α,β-unsaturated/α-hetero) is 1. The maximum Gasteiger partial charge on any atom is 0.290 e. The summed E-state index contributed by atoms with van der Waals surface area (Å²) in [5.41, 5.74) is 1.16. The summed E-state index contributed by atoms with van der Waals surface area (Å²) in [5.74, 6) is -0.385. The molecule has 8 nitrogen and oxygen atoms in total. The Morgan fingerprint density at radius 3 is 2.49 bits per heavy atom. The number of aliphatic hydroxyl groups excluding tert-OH is 1. The molecule has 0 fully saturated rings. The van der Waals surface area contributed by atoms with Crippen LogP contribution in [0.15, 0.2) is 64.3 Å². The number of carbonyl (C=O) groups is 2. The summed E-state index contributed by atoms with van der Waals surface area (Å²) >= 11 is 0. The smallest absolute Gasteiger partial charge is 0.290 e. The third-order valence-corrected chi connectivity index (χ3v) is 7.26. The Kier molecular flexibility index (Phi) is 9.30. The first kappa shape index (κ1) is 28.2. The zero-order chi connectivity index (χ0) is 27.9. The fourth-order valence-electron chi connectivity index (χ4n) is 4.98. The van der Waals surface area contributed by atoms with E-state index in [1.165, 1.54) is 7.11 Å². The first-order valence-electron chi connectivity index (χ1n) is 13.7. The van der Waals surface area contributed by atoms with Crippen LogP contribution in [-0.2, 0) is 4.79 Å². The van der Waals surface area contributed by atoms with Crippen molar-refractivity contribution in [3.63, 3.8) is 0 Å². The van der Waals surface area contributed by atoms with Crippen molar-refractivity contribution in [2.75, 3.05) is 39.9 Å². The fraction of sp³-hybridized carbons (Fsp3) is 0.419. The minimum atomic E-state index is -0.759. The second-order valence-corrected chi connectivity index (χ2v) is 9.63. The van der Waals surface area contributed by atoms with Crippen LogP contribution in [0.5, 0.6) is 11.5 Å². The maximum absolute atomic E-state index is 13.9. The van der Waals surface area contributed by atoms with Gasteiger partial charge in [0.15, 0.2) is 22.9 Å². The Balaban J connectivity index is 1.68. The number of rotatable bonds is 14. The Morgan fingerprint density at radius 1 is 1.08 bits per heavy atom. The summed E-state index contributed by atoms with van der Waals surface area (Å²) < 4.78 is 17.1. The quantitative estimate of drug-likeness (QED) is 0.202. The number of ether oxygens (including phenoxy) is 2. The van der Waals surface area contributed by atoms with Gasteiger partial charge in [-0.05, 0) is 49.3 Å². The van der Waals surface area contributed by atoms with E-state index < -0.39 is 23.5 Å². The lowest BCUT2D eigenvalue weighted by atomic mass is 9.95. The van der Waals surface area contributed by atoms with Crippen molar-refractivity contribution in [3.05, 3.63) is 71.2 Å². The summed E-state index contributed by atoms with van der Waals surface area (Å²) in [6.07, 6.45) is 3.20. The topological polar surface area (TPSA) is 92.4 Å². The molecule has 1 unspecified atom stereocenters. The number of furan rings is 1. The van der Waals surface area contributed by atoms with E-state index in [2.05, 4.69) is 25.7 Å². The molecule has 8 heteroatoms. The highest BCUT2D eigenvalue weighted by atomic mass is 16.5. The Hall–Kier alpha value is -3.78. The lowest BCUT2D eigenvalue weighted by Crippen LogP contribution is -2.38. The summed E-state index contributed by atoms with van der Waals surface area (Å²) in [4.78, 5) is 31.0. The molecule has 0 radical (unpaired) electrons. The second kappa shape index (κ2) is 12.8. The highest BCUT2D eigenvalue weighted by Crippen LogP contribution is 2.40. The molecular formula is C31H38N2O6. The van der Waals surface area contributed by atoms with Gasteiger partial charge >= 0.3 is 0 Å². The van der Waals surface area contributed by atoms with Gasteiger partial charge < -0.3 is 28.8 Å². The number of hydrogen-bond acceptors (Lipinski definition) is 7. The molecule has 4 rings (SSSR count). The summed E-state index contributed by atoms with van der Waals surface area (Å²) in [6, 6.07) is 13.6. The monoisotopic (exact) mass is 534 g/mol. The van der Waals surface area contributed by atoms with Crippen LogP contribution in [0.1, 0.15) is 62.2 Å². The standard InChI is InChI=1S/C31H38N2O6/c1-5-8-9-19-38-23-15-13-21(14-16-23)27-26(29(35)31(36)33(27)18-17-32(6-2)7-3)28(34)25-20-22-11-10-12-24(37-4)30(22)39-25/h10-16,20,27,35H,5-9,17-19H2,1-4H3. The molecule has 1 N–H and O–H groups in total. The van der Waals surface area contributed by atoms with Crippen molar-refractivity contribution in [3.8, 4) is 11.5 Å². The van der Waals surface area contributed by atoms with E-state index in [1.807, 2.05) is 36.4 Å². The highest BCUT2D eigenvalue weighted by molar-refractivity contribution is 6.16. The van der Waals surface area contributed by atoms with Crippen LogP contribution in [0, 0.1) is 0 Å². The van der Waals surface area contributed by atoms with E-state index in [-0.39, 0.29) is 11.3 Å². The fourth-order valence-corrected chi connectivity index (χ4v) is 4.98. The van der Waals surface area contributed by atoms with Gasteiger partial charge in [-0.25, -0.2) is 0 Å². The van der Waals surface area contributed by atoms with Gasteiger partial charge in [-0.2, -0.15) is 0 Å². The minimum absolute atomic E-state index is 0.00850. The number of aliphatic hydroxyl groups is 1. The van der Waals surface area contributed by atoms with Crippen molar-refractivity contribution in [2.24, 2.45) is 0 Å². The van der Waals surface area contributed by atoms with Gasteiger partial charge in [-0.15, -0.1) is 0 Å². The van der Waals surface area contributed by atoms with Gasteiger partial charge in [-0.1, -0.05) is 57.9 Å². The average Bonchev–Trinajstić information content (AvgIpc) is 3.51. The van der Waals surface area contributed by atoms with Crippen molar-refractivity contribution in [1.82, 2.24) is 9.80 Å². The van der Waals surface area contributed by atoms with Gasteiger partial charge in [0, 0.05) is 18.5 Å². The van der Waals surface area contributed by atoms with E-state index >= 15 is 0 Å². The van der Waals surface area contributed by atoms with Gasteiger partial charge in [0.25, 0.3) is 5.91 Å². The summed E-state index contributed by atoms with van der Waals surface area (Å²) in [7, 11) is 1.53. The van der Waals surface area contributed by atoms with Crippen molar-refractivity contribution in [1.29, 1.82) is 0 Å². The normalized spacial score (nSPS) is 15.6. The predicted octanol–water partition coefficient (Wildman–Crippen LogP) is 5.93. The number of methoxy groups -OCH3 is 1. The summed E-state index contributed by atoms with van der Waals surface area (Å²) in [5, 5.41) is 11.7. The third kappa shape index (κ3) is 5.96. The van der Waals surface area contributed by atoms with Crippen LogP contribution < -0.4 is 9.47 Å². The number of amides is 1. The number of unbranched alkanes of at least 4 members (excludes halogenated alkanes) is 2. The van der Waals surface area contributed by atoms with Gasteiger partial charge in [0.05, 0.1) is 25.3 Å². The molecule has 2 heterocycles. The first-order valence-corrected chi connectivity index (χ1v) is 13.7. The Labute approximate surface area is 229 Å². The van der Waals surface area contributed by atoms with E-state index in [4.69, 9.17) is 13.9 Å². The lowest BCUT2D eigenvalue weighted by molar-refractivity contribution is -0.129. The van der Waals surface area contributed by atoms with Crippen molar-refractivity contribution >= 4 is 22.7 Å². The SMILES string of the molecule is CCCCCOc1ccc(C2C(C(=O)c3cc4cccc(OC)c4o3)=C(O)C(=O)N2CCN(CC)CC)cc1. The van der Waals surface area contributed by atoms with Gasteiger partial charge in [0.2, 0.25) is 5.78 Å². The number of nitrogens with zero attached hydrogens (tertiary/aromatic N) is 2. The van der Waals surface area contributed by atoms with Crippen molar-refractivity contribution in [2.45, 2.75) is 46.1 Å². The molecule has 0 saturated heterocycles. The van der Waals surface area contributed by atoms with E-state index in [0.717, 1.165) is 38.1 Å². The number of hydrogen-bond donors (Lipinski definition) is 1. The molecule has 0 aliphatic carbocycles. The third-order valence-electron chi connectivity index (χ3n) is 7.26. The summed E-state index contributed by atoms with van der Waals surface area (Å²) in [6.45, 7) is 9.54. The maximum atomic E-state index is 13.9. The molecule has 1 aromatic heterocycles. The number of likely N-dealkylation sites (N-methyl/N-ethyl adjacent to an activating group) is 1. The van der Waals surface area contributed by atoms with Crippen LogP contribution >= 0.6 is 0 Å². The van der Waals surface area contributed by atoms with E-state index in [1.54, 1.807) is 17.0 Å².